The molecule has 2 aromatic heterocycles. The minimum absolute atomic E-state index is 0.425. The van der Waals surface area contributed by atoms with E-state index in [2.05, 4.69) is 35.7 Å². The predicted octanol–water partition coefficient (Wildman–Crippen LogP) is 2.64. The summed E-state index contributed by atoms with van der Waals surface area (Å²) in [4.78, 5) is 12.2. The zero-order chi connectivity index (χ0) is 10.1. The summed E-state index contributed by atoms with van der Waals surface area (Å²) in [7, 11) is 0. The largest absolute Gasteiger partial charge is 0.326 e. The van der Waals surface area contributed by atoms with Gasteiger partial charge in [0.1, 0.15) is 11.3 Å². The SMILES string of the molecule is CCc1ccc2nc(C(C)C)[nH]c2n1. The van der Waals surface area contributed by atoms with E-state index in [1.807, 2.05) is 12.1 Å². The van der Waals surface area contributed by atoms with Crippen LogP contribution in [-0.2, 0) is 6.42 Å². The van der Waals surface area contributed by atoms with Crippen molar-refractivity contribution in [2.75, 3.05) is 0 Å². The number of rotatable bonds is 2. The molecule has 0 saturated heterocycles. The molecule has 2 heterocycles. The Balaban J connectivity index is 2.54. The van der Waals surface area contributed by atoms with E-state index >= 15 is 0 Å². The fourth-order valence-corrected chi connectivity index (χ4v) is 1.42. The molecule has 0 amide bonds. The van der Waals surface area contributed by atoms with Crippen LogP contribution in [0.15, 0.2) is 12.1 Å². The minimum atomic E-state index is 0.425. The molecule has 0 fully saturated rings. The number of aromatic amines is 1. The first-order valence-corrected chi connectivity index (χ1v) is 5.06. The molecule has 3 heteroatoms. The first kappa shape index (κ1) is 9.19. The van der Waals surface area contributed by atoms with Gasteiger partial charge >= 0.3 is 0 Å². The van der Waals surface area contributed by atoms with Crippen LogP contribution in [0.4, 0.5) is 0 Å². The Hall–Kier alpha value is -1.38. The monoisotopic (exact) mass is 189 g/mol. The molecule has 0 saturated carbocycles. The highest BCUT2D eigenvalue weighted by molar-refractivity contribution is 5.70. The van der Waals surface area contributed by atoms with E-state index in [1.165, 1.54) is 0 Å². The van der Waals surface area contributed by atoms with Crippen molar-refractivity contribution in [2.24, 2.45) is 0 Å². The molecule has 2 rings (SSSR count). The van der Waals surface area contributed by atoms with E-state index in [0.29, 0.717) is 5.92 Å². The summed E-state index contributed by atoms with van der Waals surface area (Å²) in [6, 6.07) is 4.07. The van der Waals surface area contributed by atoms with Gasteiger partial charge in [0.2, 0.25) is 0 Å². The number of nitrogens with zero attached hydrogens (tertiary/aromatic N) is 2. The van der Waals surface area contributed by atoms with Gasteiger partial charge < -0.3 is 4.98 Å². The topological polar surface area (TPSA) is 41.6 Å². The van der Waals surface area contributed by atoms with Gasteiger partial charge in [-0.2, -0.15) is 0 Å². The van der Waals surface area contributed by atoms with Gasteiger partial charge in [-0.3, -0.25) is 0 Å². The van der Waals surface area contributed by atoms with Crippen LogP contribution < -0.4 is 0 Å². The summed E-state index contributed by atoms with van der Waals surface area (Å²) < 4.78 is 0. The average Bonchev–Trinajstić information content (AvgIpc) is 2.59. The second kappa shape index (κ2) is 3.40. The van der Waals surface area contributed by atoms with Crippen LogP contribution in [0, 0.1) is 0 Å². The van der Waals surface area contributed by atoms with Crippen molar-refractivity contribution in [3.8, 4) is 0 Å². The van der Waals surface area contributed by atoms with Crippen LogP contribution in [0.5, 0.6) is 0 Å². The van der Waals surface area contributed by atoms with E-state index in [-0.39, 0.29) is 0 Å². The molecule has 0 aromatic carbocycles. The third kappa shape index (κ3) is 1.50. The van der Waals surface area contributed by atoms with Gasteiger partial charge in [0.15, 0.2) is 5.65 Å². The Morgan fingerprint density at radius 3 is 2.71 bits per heavy atom. The quantitative estimate of drug-likeness (QED) is 0.789. The third-order valence-corrected chi connectivity index (χ3v) is 2.33. The smallest absolute Gasteiger partial charge is 0.157 e. The van der Waals surface area contributed by atoms with Crippen molar-refractivity contribution in [3.63, 3.8) is 0 Å². The third-order valence-electron chi connectivity index (χ3n) is 2.33. The molecule has 2 aromatic rings. The van der Waals surface area contributed by atoms with Crippen molar-refractivity contribution >= 4 is 11.2 Å². The number of fused-ring (bicyclic) bond motifs is 1. The van der Waals surface area contributed by atoms with Gasteiger partial charge in [-0.1, -0.05) is 20.8 Å². The zero-order valence-electron chi connectivity index (χ0n) is 8.83. The second-order valence-electron chi connectivity index (χ2n) is 3.80. The molecule has 0 bridgehead atoms. The van der Waals surface area contributed by atoms with Crippen molar-refractivity contribution in [1.29, 1.82) is 0 Å². The number of hydrogen-bond donors (Lipinski definition) is 1. The maximum atomic E-state index is 4.48. The lowest BCUT2D eigenvalue weighted by Gasteiger charge is -1.95. The van der Waals surface area contributed by atoms with Gasteiger partial charge in [0, 0.05) is 11.6 Å². The highest BCUT2D eigenvalue weighted by Gasteiger charge is 2.06. The van der Waals surface area contributed by atoms with Crippen LogP contribution in [0.2, 0.25) is 0 Å². The van der Waals surface area contributed by atoms with Crippen molar-refractivity contribution in [2.45, 2.75) is 33.1 Å². The minimum Gasteiger partial charge on any atom is -0.326 e. The van der Waals surface area contributed by atoms with E-state index in [0.717, 1.165) is 29.1 Å². The lowest BCUT2D eigenvalue weighted by atomic mass is 10.2. The zero-order valence-corrected chi connectivity index (χ0v) is 8.83. The summed E-state index contributed by atoms with van der Waals surface area (Å²) in [6.45, 7) is 6.35. The number of hydrogen-bond acceptors (Lipinski definition) is 2. The second-order valence-corrected chi connectivity index (χ2v) is 3.80. The highest BCUT2D eigenvalue weighted by Crippen LogP contribution is 2.15. The van der Waals surface area contributed by atoms with Crippen LogP contribution >= 0.6 is 0 Å². The molecule has 0 radical (unpaired) electrons. The van der Waals surface area contributed by atoms with Gasteiger partial charge in [-0.25, -0.2) is 9.97 Å². The first-order valence-electron chi connectivity index (χ1n) is 5.06. The Morgan fingerprint density at radius 2 is 2.07 bits per heavy atom. The molecule has 0 unspecified atom stereocenters. The fourth-order valence-electron chi connectivity index (χ4n) is 1.42. The maximum Gasteiger partial charge on any atom is 0.157 e. The highest BCUT2D eigenvalue weighted by atomic mass is 15.0. The Labute approximate surface area is 83.6 Å². The van der Waals surface area contributed by atoms with Crippen LogP contribution in [-0.4, -0.2) is 15.0 Å². The van der Waals surface area contributed by atoms with E-state index in [1.54, 1.807) is 0 Å². The molecule has 0 atom stereocenters. The molecular weight excluding hydrogens is 174 g/mol. The summed E-state index contributed by atoms with van der Waals surface area (Å²) in [5.41, 5.74) is 2.98. The number of pyridine rings is 1. The molecule has 0 aliphatic heterocycles. The molecule has 1 N–H and O–H groups in total. The number of aromatic nitrogens is 3. The van der Waals surface area contributed by atoms with Crippen LogP contribution in [0.1, 0.15) is 38.2 Å². The molecular formula is C11H15N3. The molecule has 0 aliphatic rings. The van der Waals surface area contributed by atoms with E-state index < -0.39 is 0 Å². The fraction of sp³-hybridized carbons (Fsp3) is 0.455. The molecule has 0 spiro atoms. The van der Waals surface area contributed by atoms with Crippen LogP contribution in [0.3, 0.4) is 0 Å². The van der Waals surface area contributed by atoms with Crippen molar-refractivity contribution in [1.82, 2.24) is 15.0 Å². The van der Waals surface area contributed by atoms with Crippen molar-refractivity contribution in [3.05, 3.63) is 23.7 Å². The van der Waals surface area contributed by atoms with Gasteiger partial charge in [-0.15, -0.1) is 0 Å². The van der Waals surface area contributed by atoms with E-state index in [9.17, 15) is 0 Å². The average molecular weight is 189 g/mol. The predicted molar refractivity (Wildman–Crippen MR) is 57.4 cm³/mol. The number of H-pyrrole nitrogens is 1. The lowest BCUT2D eigenvalue weighted by molar-refractivity contribution is 0.798. The summed E-state index contributed by atoms with van der Waals surface area (Å²) in [5.74, 6) is 1.44. The van der Waals surface area contributed by atoms with Crippen LogP contribution in [0.25, 0.3) is 11.2 Å². The van der Waals surface area contributed by atoms with Gasteiger partial charge in [0.25, 0.3) is 0 Å². The Morgan fingerprint density at radius 1 is 1.29 bits per heavy atom. The maximum absolute atomic E-state index is 4.48. The summed E-state index contributed by atoms with van der Waals surface area (Å²) in [6.07, 6.45) is 0.964. The van der Waals surface area contributed by atoms with E-state index in [4.69, 9.17) is 0 Å². The number of aryl methyl sites for hydroxylation is 1. The molecule has 74 valence electrons. The normalized spacial score (nSPS) is 11.4. The lowest BCUT2D eigenvalue weighted by Crippen LogP contribution is -1.89. The molecule has 0 aliphatic carbocycles. The van der Waals surface area contributed by atoms with Crippen molar-refractivity contribution < 1.29 is 0 Å². The Kier molecular flexibility index (Phi) is 2.23. The first-order chi connectivity index (χ1) is 6.70. The standard InChI is InChI=1S/C11H15N3/c1-4-8-5-6-9-11(12-8)14-10(13-9)7(2)3/h5-7H,4H2,1-3H3,(H,12,13,14). The number of nitrogens with one attached hydrogen (secondary N) is 1. The Bertz CT molecular complexity index is 443. The summed E-state index contributed by atoms with van der Waals surface area (Å²) >= 11 is 0. The van der Waals surface area contributed by atoms with Gasteiger partial charge in [-0.05, 0) is 18.6 Å². The molecule has 3 nitrogen and oxygen atoms in total. The van der Waals surface area contributed by atoms with Gasteiger partial charge in [0.05, 0.1) is 0 Å². The molecule has 14 heavy (non-hydrogen) atoms. The number of imidazole rings is 1. The summed E-state index contributed by atoms with van der Waals surface area (Å²) in [5, 5.41) is 0.